The molecule has 1 aromatic heterocycles. The average molecular weight is 203 g/mol. The van der Waals surface area contributed by atoms with E-state index in [0.717, 1.165) is 6.20 Å². The van der Waals surface area contributed by atoms with Crippen LogP contribution >= 0.6 is 0 Å². The van der Waals surface area contributed by atoms with Crippen LogP contribution in [0.2, 0.25) is 0 Å². The third-order valence-electron chi connectivity index (χ3n) is 1.56. The van der Waals surface area contributed by atoms with Gasteiger partial charge in [0.05, 0.1) is 7.11 Å². The van der Waals surface area contributed by atoms with Crippen molar-refractivity contribution >= 4 is 5.97 Å². The first-order valence-electron chi connectivity index (χ1n) is 3.61. The molecule has 0 saturated carbocycles. The molecule has 76 valence electrons. The Bertz CT molecular complexity index is 354. The van der Waals surface area contributed by atoms with Crippen LogP contribution in [0.4, 0.5) is 8.78 Å². The molecule has 0 radical (unpaired) electrons. The first-order chi connectivity index (χ1) is 6.50. The Kier molecular flexibility index (Phi) is 2.64. The van der Waals surface area contributed by atoms with Crippen LogP contribution in [-0.4, -0.2) is 23.2 Å². The Hall–Kier alpha value is -1.72. The lowest BCUT2D eigenvalue weighted by Gasteiger charge is -2.13. The molecule has 1 rings (SSSR count). The molecule has 0 aliphatic heterocycles. The molecule has 14 heavy (non-hydrogen) atoms. The summed E-state index contributed by atoms with van der Waals surface area (Å²) in [5.41, 5.74) is -0.894. The van der Waals surface area contributed by atoms with Crippen LogP contribution in [0.1, 0.15) is 5.69 Å². The number of ether oxygens (including phenoxy) is 1. The summed E-state index contributed by atoms with van der Waals surface area (Å²) in [6.07, 6.45) is 1.08. The molecule has 0 aliphatic carbocycles. The maximum atomic E-state index is 13.0. The van der Waals surface area contributed by atoms with E-state index in [2.05, 4.69) is 9.72 Å². The summed E-state index contributed by atoms with van der Waals surface area (Å²) in [5.74, 6) is -6.54. The van der Waals surface area contributed by atoms with Crippen molar-refractivity contribution in [3.05, 3.63) is 24.0 Å². The van der Waals surface area contributed by atoms with E-state index in [1.165, 1.54) is 19.2 Å². The van der Waals surface area contributed by atoms with Gasteiger partial charge in [0.1, 0.15) is 5.75 Å². The van der Waals surface area contributed by atoms with Crippen molar-refractivity contribution < 1.29 is 23.4 Å². The fraction of sp³-hybridized carbons (Fsp3) is 0.250. The second-order valence-corrected chi connectivity index (χ2v) is 2.43. The van der Waals surface area contributed by atoms with E-state index in [-0.39, 0.29) is 5.75 Å². The van der Waals surface area contributed by atoms with Gasteiger partial charge in [0.25, 0.3) is 0 Å². The van der Waals surface area contributed by atoms with Crippen LogP contribution in [0.5, 0.6) is 5.75 Å². The third kappa shape index (κ3) is 1.63. The number of aromatic nitrogens is 1. The lowest BCUT2D eigenvalue weighted by Crippen LogP contribution is -2.27. The topological polar surface area (TPSA) is 59.4 Å². The van der Waals surface area contributed by atoms with Crippen LogP contribution in [0.15, 0.2) is 18.3 Å². The number of carboxylic acid groups (broad SMARTS) is 1. The zero-order chi connectivity index (χ0) is 10.8. The molecule has 0 unspecified atom stereocenters. The minimum Gasteiger partial charge on any atom is -0.495 e. The van der Waals surface area contributed by atoms with Gasteiger partial charge in [-0.1, -0.05) is 0 Å². The van der Waals surface area contributed by atoms with Gasteiger partial charge in [-0.3, -0.25) is 4.98 Å². The molecule has 1 heterocycles. The molecule has 0 amide bonds. The van der Waals surface area contributed by atoms with Crippen LogP contribution < -0.4 is 4.74 Å². The average Bonchev–Trinajstić information content (AvgIpc) is 2.17. The molecule has 0 fully saturated rings. The van der Waals surface area contributed by atoms with Crippen molar-refractivity contribution in [2.75, 3.05) is 7.11 Å². The number of hydrogen-bond acceptors (Lipinski definition) is 3. The normalized spacial score (nSPS) is 11.1. The van der Waals surface area contributed by atoms with E-state index in [0.29, 0.717) is 0 Å². The second kappa shape index (κ2) is 3.57. The first-order valence-corrected chi connectivity index (χ1v) is 3.61. The smallest absolute Gasteiger partial charge is 0.387 e. The number of carbonyl (C=O) groups is 1. The van der Waals surface area contributed by atoms with Gasteiger partial charge in [0.15, 0.2) is 5.69 Å². The highest BCUT2D eigenvalue weighted by atomic mass is 19.3. The Morgan fingerprint density at radius 3 is 2.79 bits per heavy atom. The van der Waals surface area contributed by atoms with Crippen LogP contribution in [0.3, 0.4) is 0 Å². The summed E-state index contributed by atoms with van der Waals surface area (Å²) in [6, 6.07) is 2.60. The second-order valence-electron chi connectivity index (χ2n) is 2.43. The van der Waals surface area contributed by atoms with Crippen molar-refractivity contribution in [2.24, 2.45) is 0 Å². The van der Waals surface area contributed by atoms with Crippen molar-refractivity contribution in [3.63, 3.8) is 0 Å². The fourth-order valence-corrected chi connectivity index (χ4v) is 0.892. The lowest BCUT2D eigenvalue weighted by molar-refractivity contribution is -0.167. The minimum atomic E-state index is -4.04. The highest BCUT2D eigenvalue weighted by Gasteiger charge is 2.45. The van der Waals surface area contributed by atoms with Crippen LogP contribution in [0.25, 0.3) is 0 Å². The summed E-state index contributed by atoms with van der Waals surface area (Å²) < 4.78 is 30.5. The Balaban J connectivity index is 3.24. The number of rotatable bonds is 3. The number of carboxylic acids is 1. The largest absolute Gasteiger partial charge is 0.495 e. The van der Waals surface area contributed by atoms with Crippen molar-refractivity contribution in [1.29, 1.82) is 0 Å². The predicted molar refractivity (Wildman–Crippen MR) is 42.3 cm³/mol. The zero-order valence-corrected chi connectivity index (χ0v) is 7.20. The Morgan fingerprint density at radius 2 is 2.29 bits per heavy atom. The summed E-state index contributed by atoms with van der Waals surface area (Å²) in [7, 11) is 1.17. The number of hydrogen-bond donors (Lipinski definition) is 1. The maximum Gasteiger partial charge on any atom is 0.387 e. The number of halogens is 2. The molecule has 0 spiro atoms. The quantitative estimate of drug-likeness (QED) is 0.803. The molecule has 1 aromatic rings. The zero-order valence-electron chi connectivity index (χ0n) is 7.20. The predicted octanol–water partition coefficient (Wildman–Crippen LogP) is 1.27. The monoisotopic (exact) mass is 203 g/mol. The molecular formula is C8H7F2NO3. The van der Waals surface area contributed by atoms with Gasteiger partial charge in [-0.2, -0.15) is 8.78 Å². The van der Waals surface area contributed by atoms with E-state index in [4.69, 9.17) is 5.11 Å². The molecule has 0 aromatic carbocycles. The van der Waals surface area contributed by atoms with Gasteiger partial charge in [-0.05, 0) is 12.1 Å². The number of aliphatic carboxylic acids is 1. The van der Waals surface area contributed by atoms with Gasteiger partial charge in [0.2, 0.25) is 0 Å². The standard InChI is InChI=1S/C8H7F2NO3/c1-14-5-3-2-4-11-6(5)8(9,10)7(12)13/h2-4H,1H3,(H,12,13). The number of pyridine rings is 1. The highest BCUT2D eigenvalue weighted by molar-refractivity contribution is 5.77. The summed E-state index contributed by atoms with van der Waals surface area (Å²) in [4.78, 5) is 13.5. The van der Waals surface area contributed by atoms with E-state index in [9.17, 15) is 13.6 Å². The van der Waals surface area contributed by atoms with Gasteiger partial charge in [-0.25, -0.2) is 4.79 Å². The SMILES string of the molecule is COc1cccnc1C(F)(F)C(=O)O. The molecule has 0 aliphatic rings. The number of nitrogens with zero attached hydrogens (tertiary/aromatic N) is 1. The van der Waals surface area contributed by atoms with E-state index in [1.807, 2.05) is 0 Å². The van der Waals surface area contributed by atoms with Gasteiger partial charge in [-0.15, -0.1) is 0 Å². The maximum absolute atomic E-state index is 13.0. The minimum absolute atomic E-state index is 0.250. The van der Waals surface area contributed by atoms with Gasteiger partial charge >= 0.3 is 11.9 Å². The summed E-state index contributed by atoms with van der Waals surface area (Å²) >= 11 is 0. The molecule has 6 heteroatoms. The first kappa shape index (κ1) is 10.4. The Morgan fingerprint density at radius 1 is 1.64 bits per heavy atom. The van der Waals surface area contributed by atoms with Crippen LogP contribution in [0, 0.1) is 0 Å². The number of alkyl halides is 2. The fourth-order valence-electron chi connectivity index (χ4n) is 0.892. The molecule has 1 N–H and O–H groups in total. The summed E-state index contributed by atoms with van der Waals surface area (Å²) in [5, 5.41) is 8.27. The van der Waals surface area contributed by atoms with Gasteiger partial charge < -0.3 is 9.84 Å². The van der Waals surface area contributed by atoms with Gasteiger partial charge in [0, 0.05) is 6.20 Å². The van der Waals surface area contributed by atoms with E-state index >= 15 is 0 Å². The third-order valence-corrected chi connectivity index (χ3v) is 1.56. The van der Waals surface area contributed by atoms with E-state index < -0.39 is 17.6 Å². The number of methoxy groups -OCH3 is 1. The Labute approximate surface area is 78.1 Å². The molecule has 0 saturated heterocycles. The van der Waals surface area contributed by atoms with Crippen LogP contribution in [-0.2, 0) is 10.7 Å². The highest BCUT2D eigenvalue weighted by Crippen LogP contribution is 2.32. The molecule has 0 atom stereocenters. The molecule has 4 nitrogen and oxygen atoms in total. The van der Waals surface area contributed by atoms with Crippen molar-refractivity contribution in [1.82, 2.24) is 4.98 Å². The molecule has 0 bridgehead atoms. The molecular weight excluding hydrogens is 196 g/mol. The lowest BCUT2D eigenvalue weighted by atomic mass is 10.2. The summed E-state index contributed by atoms with van der Waals surface area (Å²) in [6.45, 7) is 0. The van der Waals surface area contributed by atoms with E-state index in [1.54, 1.807) is 0 Å². The van der Waals surface area contributed by atoms with Crippen molar-refractivity contribution in [2.45, 2.75) is 5.92 Å². The van der Waals surface area contributed by atoms with Crippen molar-refractivity contribution in [3.8, 4) is 5.75 Å².